The van der Waals surface area contributed by atoms with E-state index in [-0.39, 0.29) is 12.0 Å². The van der Waals surface area contributed by atoms with Crippen LogP contribution in [0.4, 0.5) is 0 Å². The van der Waals surface area contributed by atoms with Gasteiger partial charge in [-0.25, -0.2) is 0 Å². The van der Waals surface area contributed by atoms with Gasteiger partial charge in [0, 0.05) is 19.5 Å². The van der Waals surface area contributed by atoms with E-state index < -0.39 is 5.60 Å². The highest BCUT2D eigenvalue weighted by atomic mass is 16.3. The van der Waals surface area contributed by atoms with Gasteiger partial charge in [0.05, 0.1) is 11.7 Å². The normalized spacial score (nSPS) is 46.3. The monoisotopic (exact) mass is 485 g/mol. The van der Waals surface area contributed by atoms with Crippen LogP contribution in [0.1, 0.15) is 111 Å². The lowest BCUT2D eigenvalue weighted by molar-refractivity contribution is -0.139. The van der Waals surface area contributed by atoms with Gasteiger partial charge < -0.3 is 15.1 Å². The zero-order valence-corrected chi connectivity index (χ0v) is 22.9. The number of likely N-dealkylation sites (tertiary alicyclic amines) is 1. The number of nitrogens with zero attached hydrogens (tertiary/aromatic N) is 1. The molecular weight excluding hydrogens is 434 g/mol. The molecule has 4 heteroatoms. The average molecular weight is 486 g/mol. The van der Waals surface area contributed by atoms with E-state index in [1.165, 1.54) is 32.1 Å². The molecule has 5 aliphatic rings. The molecule has 1 aliphatic heterocycles. The number of aliphatic hydroxyl groups is 2. The number of β-amino-alcohol motifs (C(OH)–C–C–N with tert-alkyl or cyclic N) is 1. The predicted molar refractivity (Wildman–Crippen MR) is 141 cm³/mol. The summed E-state index contributed by atoms with van der Waals surface area (Å²) in [4.78, 5) is 15.0. The molecule has 0 aromatic rings. The van der Waals surface area contributed by atoms with Crippen molar-refractivity contribution in [2.75, 3.05) is 13.1 Å². The summed E-state index contributed by atoms with van der Waals surface area (Å²) in [6.45, 7) is 10.9. The van der Waals surface area contributed by atoms with Gasteiger partial charge in [-0.1, -0.05) is 39.3 Å². The molecule has 1 amide bonds. The fraction of sp³-hybridized carbons (Fsp3) is 0.903. The number of carbonyl (C=O) groups excluding carboxylic acids is 1. The van der Waals surface area contributed by atoms with Gasteiger partial charge in [0.15, 0.2) is 0 Å². The molecular formula is C31H51NO3. The molecule has 5 rings (SSSR count). The van der Waals surface area contributed by atoms with Gasteiger partial charge in [0.2, 0.25) is 5.91 Å². The first-order valence-electron chi connectivity index (χ1n) is 15.0. The van der Waals surface area contributed by atoms with E-state index in [0.717, 1.165) is 75.2 Å². The van der Waals surface area contributed by atoms with E-state index in [1.807, 2.05) is 11.8 Å². The number of fused-ring (bicyclic) bond motifs is 5. The molecule has 0 aromatic heterocycles. The summed E-state index contributed by atoms with van der Waals surface area (Å²) in [6.07, 6.45) is 16.1. The lowest BCUT2D eigenvalue weighted by Gasteiger charge is -2.58. The summed E-state index contributed by atoms with van der Waals surface area (Å²) >= 11 is 0. The van der Waals surface area contributed by atoms with E-state index in [0.29, 0.717) is 29.7 Å². The minimum absolute atomic E-state index is 0.125. The second-order valence-corrected chi connectivity index (χ2v) is 13.9. The second kappa shape index (κ2) is 9.46. The first kappa shape index (κ1) is 25.8. The summed E-state index contributed by atoms with van der Waals surface area (Å²) in [6, 6.07) is 0. The summed E-state index contributed by atoms with van der Waals surface area (Å²) in [5.41, 5.74) is 1.61. The first-order chi connectivity index (χ1) is 16.6. The van der Waals surface area contributed by atoms with Crippen LogP contribution in [-0.2, 0) is 4.79 Å². The Balaban J connectivity index is 1.22. The molecule has 1 unspecified atom stereocenters. The molecule has 0 bridgehead atoms. The van der Waals surface area contributed by atoms with Gasteiger partial charge in [-0.2, -0.15) is 0 Å². The summed E-state index contributed by atoms with van der Waals surface area (Å²) < 4.78 is 0. The minimum Gasteiger partial charge on any atom is -0.393 e. The van der Waals surface area contributed by atoms with Crippen molar-refractivity contribution >= 4 is 5.91 Å². The van der Waals surface area contributed by atoms with Gasteiger partial charge in [-0.05, 0) is 117 Å². The van der Waals surface area contributed by atoms with Crippen LogP contribution >= 0.6 is 0 Å². The number of carbonyl (C=O) groups is 1. The topological polar surface area (TPSA) is 60.8 Å². The van der Waals surface area contributed by atoms with E-state index in [1.54, 1.807) is 5.57 Å². The molecule has 4 nitrogen and oxygen atoms in total. The van der Waals surface area contributed by atoms with Crippen molar-refractivity contribution in [1.29, 1.82) is 0 Å². The lowest BCUT2D eigenvalue weighted by atomic mass is 9.47. The lowest BCUT2D eigenvalue weighted by Crippen LogP contribution is -2.51. The Morgan fingerprint density at radius 3 is 2.71 bits per heavy atom. The number of hydrogen-bond acceptors (Lipinski definition) is 3. The fourth-order valence-corrected chi connectivity index (χ4v) is 9.94. The fourth-order valence-electron chi connectivity index (χ4n) is 9.94. The van der Waals surface area contributed by atoms with E-state index in [4.69, 9.17) is 0 Å². The van der Waals surface area contributed by atoms with Gasteiger partial charge in [-0.3, -0.25) is 4.79 Å². The Bertz CT molecular complexity index is 839. The summed E-state index contributed by atoms with van der Waals surface area (Å²) in [5, 5.41) is 21.0. The largest absolute Gasteiger partial charge is 0.393 e. The van der Waals surface area contributed by atoms with E-state index in [2.05, 4.69) is 26.8 Å². The van der Waals surface area contributed by atoms with Crippen LogP contribution in [0, 0.1) is 40.4 Å². The van der Waals surface area contributed by atoms with Crippen molar-refractivity contribution in [1.82, 2.24) is 4.90 Å². The third kappa shape index (κ3) is 4.43. The highest BCUT2D eigenvalue weighted by Crippen LogP contribution is 2.67. The van der Waals surface area contributed by atoms with Crippen LogP contribution in [-0.4, -0.2) is 45.8 Å². The third-order valence-corrected chi connectivity index (χ3v) is 12.2. The van der Waals surface area contributed by atoms with Gasteiger partial charge in [0.1, 0.15) is 0 Å². The Kier molecular flexibility index (Phi) is 6.96. The quantitative estimate of drug-likeness (QED) is 0.462. The molecule has 198 valence electrons. The van der Waals surface area contributed by atoms with Crippen LogP contribution in [0.3, 0.4) is 0 Å². The zero-order chi connectivity index (χ0) is 25.0. The van der Waals surface area contributed by atoms with Crippen molar-refractivity contribution in [2.45, 2.75) is 123 Å². The molecule has 4 aliphatic carbocycles. The van der Waals surface area contributed by atoms with Crippen molar-refractivity contribution < 1.29 is 15.0 Å². The molecule has 1 saturated heterocycles. The molecule has 4 fully saturated rings. The SMILES string of the molecule is CCC1(O)CCCN(C(=O)CC[C@@H](C)[C@H]2CC[C@H]3[C@@H]4CC=C5C[C@@H](O)CC[C@]5(C)[C@H]4CC[C@]23C)C1. The highest BCUT2D eigenvalue weighted by molar-refractivity contribution is 5.76. The van der Waals surface area contributed by atoms with Gasteiger partial charge >= 0.3 is 0 Å². The number of allylic oxidation sites excluding steroid dienone is 1. The maximum absolute atomic E-state index is 13.1. The number of aliphatic hydroxyl groups excluding tert-OH is 1. The molecule has 2 N–H and O–H groups in total. The van der Waals surface area contributed by atoms with Crippen molar-refractivity contribution in [3.8, 4) is 0 Å². The molecule has 0 radical (unpaired) electrons. The zero-order valence-electron chi connectivity index (χ0n) is 22.9. The van der Waals surface area contributed by atoms with Crippen LogP contribution in [0.25, 0.3) is 0 Å². The van der Waals surface area contributed by atoms with Crippen LogP contribution < -0.4 is 0 Å². The summed E-state index contributed by atoms with van der Waals surface area (Å²) in [7, 11) is 0. The molecule has 3 saturated carbocycles. The van der Waals surface area contributed by atoms with Crippen molar-refractivity contribution in [2.24, 2.45) is 40.4 Å². The number of hydrogen-bond donors (Lipinski definition) is 2. The Labute approximate surface area is 213 Å². The van der Waals surface area contributed by atoms with Crippen LogP contribution in [0.2, 0.25) is 0 Å². The predicted octanol–water partition coefficient (Wildman–Crippen LogP) is 6.11. The Morgan fingerprint density at radius 2 is 1.94 bits per heavy atom. The van der Waals surface area contributed by atoms with E-state index in [9.17, 15) is 15.0 Å². The van der Waals surface area contributed by atoms with Gasteiger partial charge in [-0.15, -0.1) is 0 Å². The Morgan fingerprint density at radius 1 is 1.14 bits per heavy atom. The second-order valence-electron chi connectivity index (χ2n) is 13.9. The average Bonchev–Trinajstić information content (AvgIpc) is 3.20. The third-order valence-electron chi connectivity index (χ3n) is 12.2. The van der Waals surface area contributed by atoms with Gasteiger partial charge in [0.25, 0.3) is 0 Å². The highest BCUT2D eigenvalue weighted by Gasteiger charge is 2.59. The Hall–Kier alpha value is -0.870. The smallest absolute Gasteiger partial charge is 0.222 e. The molecule has 35 heavy (non-hydrogen) atoms. The molecule has 0 spiro atoms. The van der Waals surface area contributed by atoms with Crippen molar-refractivity contribution in [3.05, 3.63) is 11.6 Å². The van der Waals surface area contributed by atoms with Crippen LogP contribution in [0.15, 0.2) is 11.6 Å². The maximum Gasteiger partial charge on any atom is 0.222 e. The minimum atomic E-state index is -0.675. The van der Waals surface area contributed by atoms with Crippen LogP contribution in [0.5, 0.6) is 0 Å². The number of rotatable bonds is 5. The summed E-state index contributed by atoms with van der Waals surface area (Å²) in [5.74, 6) is 3.96. The van der Waals surface area contributed by atoms with Crippen molar-refractivity contribution in [3.63, 3.8) is 0 Å². The first-order valence-corrected chi connectivity index (χ1v) is 15.0. The molecule has 0 aromatic carbocycles. The number of piperidine rings is 1. The maximum atomic E-state index is 13.1. The standard InChI is InChI=1S/C31H51NO3/c1-5-31(35)15-6-18-32(20-31)28(34)12-7-21(2)25-10-11-26-24-9-8-22-19-23(33)13-16-29(22,3)27(24)14-17-30(25,26)4/h8,21,23-27,33,35H,5-7,9-20H2,1-4H3/t21-,23+,24+,25-,26+,27+,29+,30-,31?/m1/s1. The molecule has 1 heterocycles. The molecule has 9 atom stereocenters. The number of amides is 1. The van der Waals surface area contributed by atoms with E-state index >= 15 is 0 Å².